The number of anilines is 1. The molecule has 1 atom stereocenters. The molecule has 2 aromatic heterocycles. The maximum atomic E-state index is 13.3. The number of nitrogens with zero attached hydrogens (tertiary/aromatic N) is 4. The Kier molecular flexibility index (Phi) is 6.67. The van der Waals surface area contributed by atoms with Gasteiger partial charge in [0.1, 0.15) is 17.4 Å². The fourth-order valence-electron chi connectivity index (χ4n) is 2.77. The van der Waals surface area contributed by atoms with E-state index in [1.165, 1.54) is 24.0 Å². The molecule has 0 aliphatic carbocycles. The lowest BCUT2D eigenvalue weighted by atomic mass is 10.2. The first-order valence-corrected chi connectivity index (χ1v) is 9.34. The molecule has 6 nitrogen and oxygen atoms in total. The summed E-state index contributed by atoms with van der Waals surface area (Å²) in [6.45, 7) is 1.63. The molecule has 0 radical (unpaired) electrons. The third-order valence-electron chi connectivity index (χ3n) is 4.21. The minimum absolute atomic E-state index is 0.291. The van der Waals surface area contributed by atoms with Gasteiger partial charge >= 0.3 is 0 Å². The van der Waals surface area contributed by atoms with E-state index in [0.717, 1.165) is 5.56 Å². The van der Waals surface area contributed by atoms with E-state index >= 15 is 0 Å². The highest BCUT2D eigenvalue weighted by molar-refractivity contribution is 6.32. The molecule has 0 aliphatic heterocycles. The Morgan fingerprint density at radius 1 is 1.20 bits per heavy atom. The fourth-order valence-corrected chi connectivity index (χ4v) is 3.27. The highest BCUT2D eigenvalue weighted by atomic mass is 35.5. The van der Waals surface area contributed by atoms with Gasteiger partial charge in [0.25, 0.3) is 12.9 Å². The quantitative estimate of drug-likeness (QED) is 0.469. The number of nitrogens with one attached hydrogen (secondary N) is 1. The van der Waals surface area contributed by atoms with Crippen molar-refractivity contribution in [1.29, 1.82) is 0 Å². The molecule has 0 spiro atoms. The monoisotopic (exact) mass is 463 g/mol. The van der Waals surface area contributed by atoms with Crippen molar-refractivity contribution >= 4 is 34.8 Å². The molecule has 12 heteroatoms. The van der Waals surface area contributed by atoms with Crippen LogP contribution >= 0.6 is 23.2 Å². The SMILES string of the molecule is CC(C(=O)Nc1cnn(Cc2cccc(Cl)c2)c1)n1nc(C(F)F)c(Cl)c1C(F)F. The van der Waals surface area contributed by atoms with Gasteiger partial charge in [-0.3, -0.25) is 9.48 Å². The molecule has 0 aliphatic rings. The van der Waals surface area contributed by atoms with E-state index < -0.39 is 41.2 Å². The van der Waals surface area contributed by atoms with Crippen LogP contribution in [0.5, 0.6) is 0 Å². The van der Waals surface area contributed by atoms with Gasteiger partial charge < -0.3 is 5.32 Å². The Hall–Kier alpha value is -2.59. The van der Waals surface area contributed by atoms with Crippen molar-refractivity contribution in [2.75, 3.05) is 5.32 Å². The molecular formula is C18H15Cl2F4N5O. The van der Waals surface area contributed by atoms with Gasteiger partial charge in [0.2, 0.25) is 5.91 Å². The van der Waals surface area contributed by atoms with Gasteiger partial charge in [0.15, 0.2) is 0 Å². The molecule has 160 valence electrons. The predicted molar refractivity (Wildman–Crippen MR) is 103 cm³/mol. The van der Waals surface area contributed by atoms with Gasteiger partial charge in [-0.2, -0.15) is 10.2 Å². The number of hydrogen-bond acceptors (Lipinski definition) is 3. The van der Waals surface area contributed by atoms with Crippen LogP contribution in [0.3, 0.4) is 0 Å². The zero-order valence-corrected chi connectivity index (χ0v) is 16.9. The topological polar surface area (TPSA) is 64.7 Å². The highest BCUT2D eigenvalue weighted by Crippen LogP contribution is 2.36. The van der Waals surface area contributed by atoms with E-state index in [1.807, 2.05) is 6.07 Å². The van der Waals surface area contributed by atoms with Crippen molar-refractivity contribution in [3.05, 3.63) is 63.7 Å². The van der Waals surface area contributed by atoms with Crippen LogP contribution in [0.25, 0.3) is 0 Å². The average Bonchev–Trinajstić information content (AvgIpc) is 3.25. The Balaban J connectivity index is 1.75. The first-order valence-electron chi connectivity index (χ1n) is 8.59. The number of carbonyl (C=O) groups excluding carboxylic acids is 1. The average molecular weight is 464 g/mol. The number of alkyl halides is 4. The molecule has 1 aromatic carbocycles. The van der Waals surface area contributed by atoms with E-state index in [0.29, 0.717) is 21.9 Å². The summed E-state index contributed by atoms with van der Waals surface area (Å²) < 4.78 is 54.6. The van der Waals surface area contributed by atoms with E-state index in [1.54, 1.807) is 18.2 Å². The Morgan fingerprint density at radius 2 is 1.93 bits per heavy atom. The Labute approximate surface area is 178 Å². The van der Waals surface area contributed by atoms with Crippen LogP contribution in [0, 0.1) is 0 Å². The number of aromatic nitrogens is 4. The molecule has 3 aromatic rings. The number of amides is 1. The van der Waals surface area contributed by atoms with Crippen LogP contribution < -0.4 is 5.32 Å². The Morgan fingerprint density at radius 3 is 2.57 bits per heavy atom. The first kappa shape index (κ1) is 22.1. The molecule has 3 rings (SSSR count). The zero-order valence-electron chi connectivity index (χ0n) is 15.4. The summed E-state index contributed by atoms with van der Waals surface area (Å²) in [6, 6.07) is 5.81. The second-order valence-electron chi connectivity index (χ2n) is 6.35. The minimum Gasteiger partial charge on any atom is -0.322 e. The summed E-state index contributed by atoms with van der Waals surface area (Å²) in [6.07, 6.45) is -3.45. The highest BCUT2D eigenvalue weighted by Gasteiger charge is 2.31. The van der Waals surface area contributed by atoms with E-state index in [2.05, 4.69) is 15.5 Å². The third kappa shape index (κ3) is 4.76. The van der Waals surface area contributed by atoms with Crippen LogP contribution in [0.15, 0.2) is 36.7 Å². The summed E-state index contributed by atoms with van der Waals surface area (Å²) in [5.74, 6) is -0.751. The number of halogens is 6. The normalized spacial score (nSPS) is 12.6. The maximum absolute atomic E-state index is 13.3. The molecule has 2 heterocycles. The molecule has 0 bridgehead atoms. The van der Waals surface area contributed by atoms with Crippen molar-refractivity contribution in [3.8, 4) is 0 Å². The molecule has 1 N–H and O–H groups in total. The van der Waals surface area contributed by atoms with Crippen LogP contribution in [0.4, 0.5) is 23.2 Å². The van der Waals surface area contributed by atoms with Gasteiger partial charge in [-0.05, 0) is 24.6 Å². The van der Waals surface area contributed by atoms with Crippen LogP contribution in [-0.2, 0) is 11.3 Å². The number of rotatable bonds is 7. The van der Waals surface area contributed by atoms with Crippen molar-refractivity contribution in [3.63, 3.8) is 0 Å². The van der Waals surface area contributed by atoms with Gasteiger partial charge in [-0.1, -0.05) is 35.3 Å². The lowest BCUT2D eigenvalue weighted by Crippen LogP contribution is -2.26. The second-order valence-corrected chi connectivity index (χ2v) is 7.17. The smallest absolute Gasteiger partial charge is 0.283 e. The molecule has 0 saturated carbocycles. The third-order valence-corrected chi connectivity index (χ3v) is 4.83. The second kappa shape index (κ2) is 9.05. The van der Waals surface area contributed by atoms with E-state index in [9.17, 15) is 22.4 Å². The summed E-state index contributed by atoms with van der Waals surface area (Å²) in [5, 5.41) is 9.74. The summed E-state index contributed by atoms with van der Waals surface area (Å²) >= 11 is 11.6. The molecule has 1 unspecified atom stereocenters. The number of benzene rings is 1. The molecule has 1 amide bonds. The molecule has 30 heavy (non-hydrogen) atoms. The van der Waals surface area contributed by atoms with Crippen molar-refractivity contribution in [2.45, 2.75) is 32.4 Å². The largest absolute Gasteiger partial charge is 0.322 e. The number of hydrogen-bond donors (Lipinski definition) is 1. The lowest BCUT2D eigenvalue weighted by molar-refractivity contribution is -0.119. The Bertz CT molecular complexity index is 1050. The van der Waals surface area contributed by atoms with E-state index in [4.69, 9.17) is 23.2 Å². The van der Waals surface area contributed by atoms with Gasteiger partial charge in [0.05, 0.1) is 23.5 Å². The van der Waals surface area contributed by atoms with Crippen molar-refractivity contribution in [2.24, 2.45) is 0 Å². The van der Waals surface area contributed by atoms with E-state index in [-0.39, 0.29) is 0 Å². The summed E-state index contributed by atoms with van der Waals surface area (Å²) in [4.78, 5) is 12.5. The molecular weight excluding hydrogens is 449 g/mol. The maximum Gasteiger partial charge on any atom is 0.283 e. The fraction of sp³-hybridized carbons (Fsp3) is 0.278. The van der Waals surface area contributed by atoms with Gasteiger partial charge in [0, 0.05) is 11.2 Å². The first-order chi connectivity index (χ1) is 14.2. The van der Waals surface area contributed by atoms with Gasteiger partial charge in [-0.25, -0.2) is 22.2 Å². The summed E-state index contributed by atoms with van der Waals surface area (Å²) in [5.41, 5.74) is -0.767. The molecule has 0 saturated heterocycles. The van der Waals surface area contributed by atoms with Gasteiger partial charge in [-0.15, -0.1) is 0 Å². The van der Waals surface area contributed by atoms with Crippen LogP contribution in [0.2, 0.25) is 10.0 Å². The standard InChI is InChI=1S/C18H15Cl2F4N5O/c1-9(29-15(17(23)24)13(20)14(27-29)16(21)22)18(30)26-12-6-25-28(8-12)7-10-3-2-4-11(19)5-10/h2-6,8-9,16-17H,7H2,1H3,(H,26,30). The predicted octanol–water partition coefficient (Wildman–Crippen LogP) is 5.51. The van der Waals surface area contributed by atoms with Crippen LogP contribution in [0.1, 0.15) is 42.8 Å². The van der Waals surface area contributed by atoms with Crippen molar-refractivity contribution in [1.82, 2.24) is 19.6 Å². The minimum atomic E-state index is -3.19. The summed E-state index contributed by atoms with van der Waals surface area (Å²) in [7, 11) is 0. The zero-order chi connectivity index (χ0) is 22.0. The number of carbonyl (C=O) groups is 1. The van der Waals surface area contributed by atoms with Crippen LogP contribution in [-0.4, -0.2) is 25.5 Å². The van der Waals surface area contributed by atoms with Crippen molar-refractivity contribution < 1.29 is 22.4 Å². The lowest BCUT2D eigenvalue weighted by Gasteiger charge is -2.15. The molecule has 0 fully saturated rings.